The van der Waals surface area contributed by atoms with Gasteiger partial charge >= 0.3 is 0 Å². The number of hydrogen-bond acceptors (Lipinski definition) is 3. The van der Waals surface area contributed by atoms with E-state index in [2.05, 4.69) is 30.0 Å². The maximum Gasteiger partial charge on any atom is 0.119 e. The number of nitrogens with zero attached hydrogens (tertiary/aromatic N) is 1. The van der Waals surface area contributed by atoms with E-state index in [0.717, 1.165) is 25.3 Å². The van der Waals surface area contributed by atoms with Crippen molar-refractivity contribution in [3.8, 4) is 5.75 Å². The van der Waals surface area contributed by atoms with Gasteiger partial charge in [0.05, 0.1) is 6.61 Å². The minimum atomic E-state index is 0.148. The van der Waals surface area contributed by atoms with Crippen molar-refractivity contribution < 1.29 is 4.74 Å². The smallest absolute Gasteiger partial charge is 0.119 e. The highest BCUT2D eigenvalue weighted by molar-refractivity contribution is 5.29. The Kier molecular flexibility index (Phi) is 5.44. The van der Waals surface area contributed by atoms with E-state index < -0.39 is 0 Å². The first-order valence-corrected chi connectivity index (χ1v) is 7.79. The van der Waals surface area contributed by atoms with E-state index in [1.807, 2.05) is 13.0 Å². The van der Waals surface area contributed by atoms with Crippen LogP contribution in [0.25, 0.3) is 0 Å². The SMILES string of the molecule is CCOc1cccc(CC(C)(CN)CN2CCCC2)c1. The van der Waals surface area contributed by atoms with E-state index >= 15 is 0 Å². The molecule has 2 N–H and O–H groups in total. The zero-order valence-corrected chi connectivity index (χ0v) is 12.9. The van der Waals surface area contributed by atoms with E-state index in [9.17, 15) is 0 Å². The fourth-order valence-corrected chi connectivity index (χ4v) is 3.08. The van der Waals surface area contributed by atoms with E-state index in [-0.39, 0.29) is 5.41 Å². The van der Waals surface area contributed by atoms with Crippen molar-refractivity contribution in [3.05, 3.63) is 29.8 Å². The first kappa shape index (κ1) is 15.3. The molecule has 1 aliphatic rings. The third-order valence-electron chi connectivity index (χ3n) is 4.14. The average molecular weight is 276 g/mol. The van der Waals surface area contributed by atoms with Gasteiger partial charge in [0.25, 0.3) is 0 Å². The molecule has 0 amide bonds. The Bertz CT molecular complexity index is 415. The second kappa shape index (κ2) is 7.09. The van der Waals surface area contributed by atoms with Gasteiger partial charge < -0.3 is 15.4 Å². The molecule has 0 aliphatic carbocycles. The van der Waals surface area contributed by atoms with Crippen molar-refractivity contribution in [2.24, 2.45) is 11.1 Å². The molecule has 1 unspecified atom stereocenters. The fourth-order valence-electron chi connectivity index (χ4n) is 3.08. The molecular formula is C17H28N2O. The first-order valence-electron chi connectivity index (χ1n) is 7.79. The van der Waals surface area contributed by atoms with Crippen LogP contribution in [0.1, 0.15) is 32.3 Å². The summed E-state index contributed by atoms with van der Waals surface area (Å²) >= 11 is 0. The Labute approximate surface area is 123 Å². The quantitative estimate of drug-likeness (QED) is 0.832. The van der Waals surface area contributed by atoms with Crippen LogP contribution in [0.5, 0.6) is 5.75 Å². The molecule has 1 heterocycles. The largest absolute Gasteiger partial charge is 0.494 e. The van der Waals surface area contributed by atoms with Crippen LogP contribution in [0.4, 0.5) is 0 Å². The highest BCUT2D eigenvalue weighted by Crippen LogP contribution is 2.26. The lowest BCUT2D eigenvalue weighted by Crippen LogP contribution is -2.41. The molecule has 20 heavy (non-hydrogen) atoms. The van der Waals surface area contributed by atoms with E-state index in [4.69, 9.17) is 10.5 Å². The Hall–Kier alpha value is -1.06. The minimum Gasteiger partial charge on any atom is -0.494 e. The van der Waals surface area contributed by atoms with Gasteiger partial charge in [0.15, 0.2) is 0 Å². The molecule has 0 spiro atoms. The first-order chi connectivity index (χ1) is 9.65. The van der Waals surface area contributed by atoms with E-state index in [1.165, 1.54) is 31.5 Å². The van der Waals surface area contributed by atoms with Crippen LogP contribution >= 0.6 is 0 Å². The zero-order valence-electron chi connectivity index (χ0n) is 12.9. The van der Waals surface area contributed by atoms with Gasteiger partial charge in [-0.05, 0) is 68.9 Å². The molecule has 1 saturated heterocycles. The molecule has 112 valence electrons. The number of likely N-dealkylation sites (tertiary alicyclic amines) is 1. The topological polar surface area (TPSA) is 38.5 Å². The Morgan fingerprint density at radius 1 is 1.30 bits per heavy atom. The van der Waals surface area contributed by atoms with Gasteiger partial charge in [0.2, 0.25) is 0 Å². The van der Waals surface area contributed by atoms with Crippen LogP contribution in [-0.2, 0) is 6.42 Å². The van der Waals surface area contributed by atoms with Gasteiger partial charge in [-0.25, -0.2) is 0 Å². The van der Waals surface area contributed by atoms with Gasteiger partial charge in [-0.3, -0.25) is 0 Å². The van der Waals surface area contributed by atoms with Crippen LogP contribution in [0.2, 0.25) is 0 Å². The summed E-state index contributed by atoms with van der Waals surface area (Å²) in [6.45, 7) is 9.32. The number of ether oxygens (including phenoxy) is 1. The summed E-state index contributed by atoms with van der Waals surface area (Å²) in [6, 6.07) is 8.43. The molecule has 0 radical (unpaired) electrons. The molecule has 3 nitrogen and oxygen atoms in total. The molecular weight excluding hydrogens is 248 g/mol. The van der Waals surface area contributed by atoms with Gasteiger partial charge in [0.1, 0.15) is 5.75 Å². The van der Waals surface area contributed by atoms with Crippen molar-refractivity contribution in [1.82, 2.24) is 4.90 Å². The highest BCUT2D eigenvalue weighted by atomic mass is 16.5. The Balaban J connectivity index is 2.02. The van der Waals surface area contributed by atoms with Crippen LogP contribution in [0.3, 0.4) is 0 Å². The molecule has 0 aromatic heterocycles. The number of rotatable bonds is 7. The summed E-state index contributed by atoms with van der Waals surface area (Å²) in [5.41, 5.74) is 7.54. The lowest BCUT2D eigenvalue weighted by Gasteiger charge is -2.33. The maximum absolute atomic E-state index is 6.07. The van der Waals surface area contributed by atoms with Crippen molar-refractivity contribution >= 4 is 0 Å². The monoisotopic (exact) mass is 276 g/mol. The van der Waals surface area contributed by atoms with E-state index in [1.54, 1.807) is 0 Å². The van der Waals surface area contributed by atoms with Crippen LogP contribution in [0.15, 0.2) is 24.3 Å². The standard InChI is InChI=1S/C17H28N2O/c1-3-20-16-8-6-7-15(11-16)12-17(2,13-18)14-19-9-4-5-10-19/h6-8,11H,3-5,9-10,12-14,18H2,1-2H3. The third kappa shape index (κ3) is 4.22. The maximum atomic E-state index is 6.07. The predicted molar refractivity (Wildman–Crippen MR) is 84.2 cm³/mol. The average Bonchev–Trinajstić information content (AvgIpc) is 2.92. The Morgan fingerprint density at radius 2 is 2.05 bits per heavy atom. The summed E-state index contributed by atoms with van der Waals surface area (Å²) in [4.78, 5) is 2.55. The summed E-state index contributed by atoms with van der Waals surface area (Å²) in [6.07, 6.45) is 3.68. The lowest BCUT2D eigenvalue weighted by atomic mass is 9.83. The van der Waals surface area contributed by atoms with Crippen molar-refractivity contribution in [1.29, 1.82) is 0 Å². The summed E-state index contributed by atoms with van der Waals surface area (Å²) in [5.74, 6) is 0.963. The second-order valence-corrected chi connectivity index (χ2v) is 6.26. The molecule has 1 aliphatic heterocycles. The lowest BCUT2D eigenvalue weighted by molar-refractivity contribution is 0.196. The van der Waals surface area contributed by atoms with Crippen molar-refractivity contribution in [3.63, 3.8) is 0 Å². The Morgan fingerprint density at radius 3 is 2.70 bits per heavy atom. The zero-order chi connectivity index (χ0) is 14.4. The number of hydrogen-bond donors (Lipinski definition) is 1. The van der Waals surface area contributed by atoms with Gasteiger partial charge in [0, 0.05) is 6.54 Å². The van der Waals surface area contributed by atoms with Crippen molar-refractivity contribution in [2.45, 2.75) is 33.1 Å². The number of nitrogens with two attached hydrogens (primary N) is 1. The second-order valence-electron chi connectivity index (χ2n) is 6.26. The molecule has 2 rings (SSSR count). The highest BCUT2D eigenvalue weighted by Gasteiger charge is 2.27. The van der Waals surface area contributed by atoms with E-state index in [0.29, 0.717) is 6.61 Å². The normalized spacial score (nSPS) is 18.9. The van der Waals surface area contributed by atoms with Crippen molar-refractivity contribution in [2.75, 3.05) is 32.8 Å². The van der Waals surface area contributed by atoms with Crippen LogP contribution < -0.4 is 10.5 Å². The summed E-state index contributed by atoms with van der Waals surface area (Å²) in [5, 5.41) is 0. The fraction of sp³-hybridized carbons (Fsp3) is 0.647. The minimum absolute atomic E-state index is 0.148. The predicted octanol–water partition coefficient (Wildman–Crippen LogP) is 2.69. The number of benzene rings is 1. The molecule has 3 heteroatoms. The molecule has 1 atom stereocenters. The van der Waals surface area contributed by atoms with Gasteiger partial charge in [-0.2, -0.15) is 0 Å². The summed E-state index contributed by atoms with van der Waals surface area (Å²) < 4.78 is 5.59. The molecule has 0 bridgehead atoms. The van der Waals surface area contributed by atoms with Crippen LogP contribution in [0, 0.1) is 5.41 Å². The molecule has 0 saturated carbocycles. The molecule has 1 fully saturated rings. The van der Waals surface area contributed by atoms with Gasteiger partial charge in [-0.15, -0.1) is 0 Å². The van der Waals surface area contributed by atoms with Crippen LogP contribution in [-0.4, -0.2) is 37.7 Å². The molecule has 1 aromatic rings. The summed E-state index contributed by atoms with van der Waals surface area (Å²) in [7, 11) is 0. The third-order valence-corrected chi connectivity index (χ3v) is 4.14. The molecule has 1 aromatic carbocycles. The van der Waals surface area contributed by atoms with Gasteiger partial charge in [-0.1, -0.05) is 19.1 Å².